The molecule has 0 aliphatic rings. The number of amides is 1. The molecule has 3 aromatic heterocycles. The predicted octanol–water partition coefficient (Wildman–Crippen LogP) is 4.03. The summed E-state index contributed by atoms with van der Waals surface area (Å²) in [5, 5.41) is 7.03. The first-order valence-electron chi connectivity index (χ1n) is 8.98. The number of aromatic nitrogens is 4. The van der Waals surface area contributed by atoms with Crippen molar-refractivity contribution in [2.24, 2.45) is 0 Å². The fourth-order valence-corrected chi connectivity index (χ4v) is 3.53. The highest BCUT2D eigenvalue weighted by atomic mass is 32.1. The van der Waals surface area contributed by atoms with E-state index in [1.807, 2.05) is 6.07 Å². The number of nitrogens with one attached hydrogen (secondary N) is 1. The van der Waals surface area contributed by atoms with E-state index in [2.05, 4.69) is 25.4 Å². The highest BCUT2D eigenvalue weighted by Crippen LogP contribution is 2.22. The summed E-state index contributed by atoms with van der Waals surface area (Å²) in [5.74, 6) is -1.25. The summed E-state index contributed by atoms with van der Waals surface area (Å²) < 4.78 is 31.5. The molecule has 0 aliphatic heterocycles. The van der Waals surface area contributed by atoms with Crippen molar-refractivity contribution < 1.29 is 18.1 Å². The topological polar surface area (TPSA) is 93.8 Å². The molecule has 0 fully saturated rings. The standard InChI is InChI=1S/C20H15F2N5O2S/c21-15-4-3-12(9-16(15)22)8-14-11-24-20(30-14)25-17(28)5-6-18-26-19(27-29-18)13-2-1-7-23-10-13/h1-4,7,9-11H,5-6,8H2,(H,24,25,28). The Bertz CT molecular complexity index is 1160. The summed E-state index contributed by atoms with van der Waals surface area (Å²) >= 11 is 1.27. The lowest BCUT2D eigenvalue weighted by molar-refractivity contribution is -0.116. The zero-order valence-electron chi connectivity index (χ0n) is 15.5. The maximum Gasteiger partial charge on any atom is 0.227 e. The van der Waals surface area contributed by atoms with Crippen LogP contribution in [0.5, 0.6) is 0 Å². The molecule has 1 aromatic carbocycles. The van der Waals surface area contributed by atoms with Gasteiger partial charge in [0.15, 0.2) is 16.8 Å². The molecular formula is C20H15F2N5O2S. The fourth-order valence-electron chi connectivity index (χ4n) is 2.67. The number of halogens is 2. The van der Waals surface area contributed by atoms with Gasteiger partial charge in [-0.15, -0.1) is 11.3 Å². The van der Waals surface area contributed by atoms with Gasteiger partial charge in [0.05, 0.1) is 0 Å². The number of carbonyl (C=O) groups is 1. The number of pyridine rings is 1. The van der Waals surface area contributed by atoms with Gasteiger partial charge in [-0.05, 0) is 29.8 Å². The normalized spacial score (nSPS) is 10.9. The van der Waals surface area contributed by atoms with Crippen LogP contribution in [0.3, 0.4) is 0 Å². The van der Waals surface area contributed by atoms with E-state index in [0.29, 0.717) is 28.8 Å². The summed E-state index contributed by atoms with van der Waals surface area (Å²) in [6, 6.07) is 7.34. The molecule has 0 bridgehead atoms. The van der Waals surface area contributed by atoms with Crippen LogP contribution in [-0.4, -0.2) is 26.0 Å². The Balaban J connectivity index is 1.29. The number of benzene rings is 1. The van der Waals surface area contributed by atoms with E-state index in [4.69, 9.17) is 4.52 Å². The lowest BCUT2D eigenvalue weighted by Crippen LogP contribution is -2.12. The summed E-state index contributed by atoms with van der Waals surface area (Å²) in [7, 11) is 0. The average Bonchev–Trinajstić information content (AvgIpc) is 3.39. The number of rotatable bonds is 7. The van der Waals surface area contributed by atoms with Crippen LogP contribution in [-0.2, 0) is 17.6 Å². The number of anilines is 1. The Morgan fingerprint density at radius 3 is 2.87 bits per heavy atom. The predicted molar refractivity (Wildman–Crippen MR) is 106 cm³/mol. The summed E-state index contributed by atoms with van der Waals surface area (Å²) in [6.45, 7) is 0. The number of thiazole rings is 1. The minimum absolute atomic E-state index is 0.146. The van der Waals surface area contributed by atoms with Crippen LogP contribution < -0.4 is 5.32 Å². The molecule has 0 aliphatic carbocycles. The fraction of sp³-hybridized carbons (Fsp3) is 0.150. The second-order valence-corrected chi connectivity index (χ2v) is 7.47. The quantitative estimate of drug-likeness (QED) is 0.479. The molecule has 0 saturated heterocycles. The monoisotopic (exact) mass is 427 g/mol. The molecule has 30 heavy (non-hydrogen) atoms. The van der Waals surface area contributed by atoms with Crippen LogP contribution in [0.1, 0.15) is 22.8 Å². The van der Waals surface area contributed by atoms with Gasteiger partial charge in [-0.25, -0.2) is 13.8 Å². The number of hydrogen-bond donors (Lipinski definition) is 1. The Morgan fingerprint density at radius 2 is 2.07 bits per heavy atom. The van der Waals surface area contributed by atoms with Crippen molar-refractivity contribution in [2.45, 2.75) is 19.3 Å². The molecule has 1 N–H and O–H groups in total. The van der Waals surface area contributed by atoms with E-state index < -0.39 is 11.6 Å². The highest BCUT2D eigenvalue weighted by molar-refractivity contribution is 7.15. The molecule has 0 atom stereocenters. The molecule has 3 heterocycles. The van der Waals surface area contributed by atoms with Gasteiger partial charge in [-0.2, -0.15) is 4.98 Å². The molecule has 152 valence electrons. The second-order valence-electron chi connectivity index (χ2n) is 6.36. The maximum atomic E-state index is 13.3. The smallest absolute Gasteiger partial charge is 0.227 e. The van der Waals surface area contributed by atoms with Crippen LogP contribution >= 0.6 is 11.3 Å². The number of nitrogens with zero attached hydrogens (tertiary/aromatic N) is 4. The SMILES string of the molecule is O=C(CCc1nc(-c2cccnc2)no1)Nc1ncc(Cc2ccc(F)c(F)c2)s1. The Kier molecular flexibility index (Phi) is 5.84. The van der Waals surface area contributed by atoms with E-state index in [0.717, 1.165) is 22.6 Å². The summed E-state index contributed by atoms with van der Waals surface area (Å²) in [4.78, 5) is 25.4. The van der Waals surface area contributed by atoms with Crippen LogP contribution in [0.25, 0.3) is 11.4 Å². The Hall–Kier alpha value is -3.53. The van der Waals surface area contributed by atoms with E-state index in [-0.39, 0.29) is 18.7 Å². The number of aryl methyl sites for hydroxylation is 1. The van der Waals surface area contributed by atoms with E-state index in [9.17, 15) is 13.6 Å². The molecule has 0 saturated carbocycles. The third-order valence-corrected chi connectivity index (χ3v) is 5.03. The molecule has 1 amide bonds. The van der Waals surface area contributed by atoms with Gasteiger partial charge >= 0.3 is 0 Å². The van der Waals surface area contributed by atoms with Crippen molar-refractivity contribution in [1.82, 2.24) is 20.1 Å². The Morgan fingerprint density at radius 1 is 1.17 bits per heavy atom. The molecule has 7 nitrogen and oxygen atoms in total. The van der Waals surface area contributed by atoms with Crippen molar-refractivity contribution in [3.05, 3.63) is 76.9 Å². The minimum Gasteiger partial charge on any atom is -0.339 e. The van der Waals surface area contributed by atoms with Crippen LogP contribution in [0.15, 0.2) is 53.4 Å². The molecule has 10 heteroatoms. The molecule has 4 aromatic rings. The molecule has 0 unspecified atom stereocenters. The summed E-state index contributed by atoms with van der Waals surface area (Å²) in [6.07, 6.45) is 5.70. The van der Waals surface area contributed by atoms with Gasteiger partial charge in [0.1, 0.15) is 0 Å². The van der Waals surface area contributed by atoms with Crippen molar-refractivity contribution in [1.29, 1.82) is 0 Å². The van der Waals surface area contributed by atoms with Crippen LogP contribution in [0.4, 0.5) is 13.9 Å². The molecule has 0 radical (unpaired) electrons. The maximum absolute atomic E-state index is 13.3. The molecular weight excluding hydrogens is 412 g/mol. The third-order valence-electron chi connectivity index (χ3n) is 4.12. The summed E-state index contributed by atoms with van der Waals surface area (Å²) in [5.41, 5.74) is 1.35. The van der Waals surface area contributed by atoms with Crippen molar-refractivity contribution >= 4 is 22.4 Å². The first-order valence-corrected chi connectivity index (χ1v) is 9.80. The van der Waals surface area contributed by atoms with Crippen LogP contribution in [0.2, 0.25) is 0 Å². The lowest BCUT2D eigenvalue weighted by atomic mass is 10.1. The van der Waals surface area contributed by atoms with Gasteiger partial charge < -0.3 is 9.84 Å². The number of carbonyl (C=O) groups excluding carboxylic acids is 1. The first-order chi connectivity index (χ1) is 14.6. The van der Waals surface area contributed by atoms with E-state index >= 15 is 0 Å². The van der Waals surface area contributed by atoms with Gasteiger partial charge in [-0.3, -0.25) is 9.78 Å². The van der Waals surface area contributed by atoms with E-state index in [1.54, 1.807) is 24.7 Å². The Labute approximate surface area is 173 Å². The highest BCUT2D eigenvalue weighted by Gasteiger charge is 2.13. The van der Waals surface area contributed by atoms with Gasteiger partial charge in [0, 0.05) is 48.3 Å². The van der Waals surface area contributed by atoms with Gasteiger partial charge in [0.25, 0.3) is 0 Å². The molecule has 4 rings (SSSR count). The minimum atomic E-state index is -0.891. The number of hydrogen-bond acceptors (Lipinski definition) is 7. The largest absolute Gasteiger partial charge is 0.339 e. The lowest BCUT2D eigenvalue weighted by Gasteiger charge is -2.00. The van der Waals surface area contributed by atoms with Gasteiger partial charge in [0.2, 0.25) is 17.6 Å². The zero-order chi connectivity index (χ0) is 20.9. The van der Waals surface area contributed by atoms with Crippen LogP contribution in [0, 0.1) is 11.6 Å². The van der Waals surface area contributed by atoms with Crippen molar-refractivity contribution in [2.75, 3.05) is 5.32 Å². The average molecular weight is 427 g/mol. The van der Waals surface area contributed by atoms with Gasteiger partial charge in [-0.1, -0.05) is 11.2 Å². The zero-order valence-corrected chi connectivity index (χ0v) is 16.3. The first kappa shape index (κ1) is 19.8. The van der Waals surface area contributed by atoms with Crippen molar-refractivity contribution in [3.8, 4) is 11.4 Å². The third kappa shape index (κ3) is 4.90. The molecule has 0 spiro atoms. The van der Waals surface area contributed by atoms with E-state index in [1.165, 1.54) is 17.4 Å². The van der Waals surface area contributed by atoms with Crippen molar-refractivity contribution in [3.63, 3.8) is 0 Å². The second kappa shape index (κ2) is 8.87.